The highest BCUT2D eigenvalue weighted by Gasteiger charge is 1.90. The zero-order valence-corrected chi connectivity index (χ0v) is 4.05. The molecule has 0 bridgehead atoms. The zero-order valence-electron chi connectivity index (χ0n) is 4.05. The van der Waals surface area contributed by atoms with E-state index in [-0.39, 0.29) is 5.75 Å². The molecule has 0 fully saturated rings. The van der Waals surface area contributed by atoms with Crippen LogP contribution in [0, 0.1) is 11.3 Å². The van der Waals surface area contributed by atoms with Crippen molar-refractivity contribution in [3.05, 3.63) is 18.0 Å². The molecule has 0 atom stereocenters. The van der Waals surface area contributed by atoms with Crippen molar-refractivity contribution in [2.75, 3.05) is 0 Å². The molecule has 0 spiro atoms. The molecule has 0 aromatic carbocycles. The van der Waals surface area contributed by atoms with Gasteiger partial charge in [-0.25, -0.2) is 0 Å². The van der Waals surface area contributed by atoms with E-state index >= 15 is 0 Å². The van der Waals surface area contributed by atoms with Crippen LogP contribution in [0.5, 0.6) is 5.75 Å². The maximum Gasteiger partial charge on any atom is 0.134 e. The molecule has 1 heterocycles. The molecule has 8 heavy (non-hydrogen) atoms. The van der Waals surface area contributed by atoms with Gasteiger partial charge in [0.05, 0.1) is 0 Å². The number of aromatic hydroxyl groups is 1. The van der Waals surface area contributed by atoms with Crippen LogP contribution in [-0.2, 0) is 0 Å². The standard InChI is InChI=1S/C5H4N2O/c6-2-4-1-5(8)3-7-4/h1,3,7-8H. The first-order valence-corrected chi connectivity index (χ1v) is 2.10. The fourth-order valence-electron chi connectivity index (χ4n) is 0.447. The second-order valence-corrected chi connectivity index (χ2v) is 1.38. The van der Waals surface area contributed by atoms with E-state index in [1.165, 1.54) is 12.3 Å². The summed E-state index contributed by atoms with van der Waals surface area (Å²) in [7, 11) is 0. The molecule has 0 radical (unpaired) electrons. The molecule has 1 aromatic heterocycles. The molecule has 3 nitrogen and oxygen atoms in total. The Labute approximate surface area is 46.2 Å². The van der Waals surface area contributed by atoms with E-state index in [0.717, 1.165) is 0 Å². The minimum atomic E-state index is 0.0987. The Morgan fingerprint density at radius 2 is 2.50 bits per heavy atom. The summed E-state index contributed by atoms with van der Waals surface area (Å²) in [6.45, 7) is 0. The van der Waals surface area contributed by atoms with Crippen molar-refractivity contribution < 1.29 is 5.11 Å². The van der Waals surface area contributed by atoms with Crippen LogP contribution in [0.1, 0.15) is 5.69 Å². The van der Waals surface area contributed by atoms with Gasteiger partial charge in [0, 0.05) is 12.3 Å². The number of hydrogen-bond donors (Lipinski definition) is 2. The highest BCUT2D eigenvalue weighted by atomic mass is 16.3. The van der Waals surface area contributed by atoms with E-state index < -0.39 is 0 Å². The van der Waals surface area contributed by atoms with Gasteiger partial charge in [0.25, 0.3) is 0 Å². The molecule has 1 aromatic rings. The summed E-state index contributed by atoms with van der Waals surface area (Å²) in [6, 6.07) is 3.19. The summed E-state index contributed by atoms with van der Waals surface area (Å²) < 4.78 is 0. The Kier molecular flexibility index (Phi) is 0.935. The van der Waals surface area contributed by atoms with Crippen molar-refractivity contribution in [3.8, 4) is 11.8 Å². The second-order valence-electron chi connectivity index (χ2n) is 1.38. The van der Waals surface area contributed by atoms with Crippen LogP contribution < -0.4 is 0 Å². The molecule has 3 heteroatoms. The highest BCUT2D eigenvalue weighted by Crippen LogP contribution is 2.07. The smallest absolute Gasteiger partial charge is 0.134 e. The minimum absolute atomic E-state index is 0.0987. The van der Waals surface area contributed by atoms with Gasteiger partial charge in [-0.3, -0.25) is 0 Å². The Morgan fingerprint density at radius 3 is 2.75 bits per heavy atom. The van der Waals surface area contributed by atoms with Crippen LogP contribution in [0.4, 0.5) is 0 Å². The SMILES string of the molecule is N#Cc1cc(O)c[nH]1. The van der Waals surface area contributed by atoms with Crippen molar-refractivity contribution in [1.29, 1.82) is 5.26 Å². The van der Waals surface area contributed by atoms with Gasteiger partial charge in [0.15, 0.2) is 0 Å². The molecular formula is C5H4N2O. The third-order valence-electron chi connectivity index (χ3n) is 0.788. The molecule has 0 aliphatic rings. The molecule has 0 saturated carbocycles. The zero-order chi connectivity index (χ0) is 5.98. The first kappa shape index (κ1) is 4.72. The molecule has 1 rings (SSSR count). The molecule has 0 amide bonds. The van der Waals surface area contributed by atoms with Gasteiger partial charge >= 0.3 is 0 Å². The van der Waals surface area contributed by atoms with Crippen molar-refractivity contribution in [1.82, 2.24) is 4.98 Å². The van der Waals surface area contributed by atoms with E-state index in [4.69, 9.17) is 10.4 Å². The van der Waals surface area contributed by atoms with E-state index in [0.29, 0.717) is 5.69 Å². The largest absolute Gasteiger partial charge is 0.506 e. The van der Waals surface area contributed by atoms with Crippen LogP contribution in [0.15, 0.2) is 12.3 Å². The fraction of sp³-hybridized carbons (Fsp3) is 0. The van der Waals surface area contributed by atoms with Gasteiger partial charge in [-0.2, -0.15) is 5.26 Å². The molecule has 0 aliphatic heterocycles. The first-order valence-electron chi connectivity index (χ1n) is 2.10. The summed E-state index contributed by atoms with van der Waals surface area (Å²) in [5, 5.41) is 16.8. The topological polar surface area (TPSA) is 59.8 Å². The van der Waals surface area contributed by atoms with Gasteiger partial charge in [0.1, 0.15) is 17.5 Å². The maximum atomic E-state index is 8.60. The molecule has 0 aliphatic carbocycles. The van der Waals surface area contributed by atoms with Gasteiger partial charge in [-0.15, -0.1) is 0 Å². The molecule has 0 saturated heterocycles. The van der Waals surface area contributed by atoms with E-state index in [1.807, 2.05) is 6.07 Å². The van der Waals surface area contributed by atoms with Crippen molar-refractivity contribution in [2.45, 2.75) is 0 Å². The van der Waals surface area contributed by atoms with E-state index in [1.54, 1.807) is 0 Å². The molecule has 0 unspecified atom stereocenters. The third kappa shape index (κ3) is 0.636. The summed E-state index contributed by atoms with van der Waals surface area (Å²) in [5.41, 5.74) is 0.377. The number of nitrogens with one attached hydrogen (secondary N) is 1. The lowest BCUT2D eigenvalue weighted by Crippen LogP contribution is -1.64. The summed E-state index contributed by atoms with van der Waals surface area (Å²) in [5.74, 6) is 0.0987. The van der Waals surface area contributed by atoms with Gasteiger partial charge in [-0.05, 0) is 0 Å². The number of nitrogens with zero attached hydrogens (tertiary/aromatic N) is 1. The molecule has 2 N–H and O–H groups in total. The van der Waals surface area contributed by atoms with Gasteiger partial charge < -0.3 is 10.1 Å². The summed E-state index contributed by atoms with van der Waals surface area (Å²) >= 11 is 0. The van der Waals surface area contributed by atoms with Crippen LogP contribution in [-0.4, -0.2) is 10.1 Å². The van der Waals surface area contributed by atoms with Crippen LogP contribution >= 0.6 is 0 Å². The predicted molar refractivity (Wildman–Crippen MR) is 27.2 cm³/mol. The average molecular weight is 108 g/mol. The molecule has 40 valence electrons. The number of aromatic nitrogens is 1. The van der Waals surface area contributed by atoms with Crippen LogP contribution in [0.25, 0.3) is 0 Å². The third-order valence-corrected chi connectivity index (χ3v) is 0.788. The summed E-state index contributed by atoms with van der Waals surface area (Å²) in [4.78, 5) is 2.54. The van der Waals surface area contributed by atoms with Gasteiger partial charge in [0.2, 0.25) is 0 Å². The summed E-state index contributed by atoms with van der Waals surface area (Å²) in [6.07, 6.45) is 1.36. The lowest BCUT2D eigenvalue weighted by molar-refractivity contribution is 0.476. The number of H-pyrrole nitrogens is 1. The lowest BCUT2D eigenvalue weighted by atomic mass is 10.5. The van der Waals surface area contributed by atoms with E-state index in [2.05, 4.69) is 4.98 Å². The quantitative estimate of drug-likeness (QED) is 0.511. The minimum Gasteiger partial charge on any atom is -0.506 e. The Hall–Kier alpha value is -1.43. The first-order chi connectivity index (χ1) is 3.83. The number of nitriles is 1. The lowest BCUT2D eigenvalue weighted by Gasteiger charge is -1.69. The van der Waals surface area contributed by atoms with Crippen LogP contribution in [0.2, 0.25) is 0 Å². The van der Waals surface area contributed by atoms with Crippen molar-refractivity contribution in [3.63, 3.8) is 0 Å². The van der Waals surface area contributed by atoms with Gasteiger partial charge in [-0.1, -0.05) is 0 Å². The fourth-order valence-corrected chi connectivity index (χ4v) is 0.447. The second kappa shape index (κ2) is 1.58. The maximum absolute atomic E-state index is 8.60. The highest BCUT2D eigenvalue weighted by molar-refractivity contribution is 5.29. The Balaban J connectivity index is 3.05. The Bertz CT molecular complexity index is 221. The molecular weight excluding hydrogens is 104 g/mol. The normalized spacial score (nSPS) is 8.38. The number of aromatic amines is 1. The van der Waals surface area contributed by atoms with Crippen molar-refractivity contribution in [2.24, 2.45) is 0 Å². The number of rotatable bonds is 0. The Morgan fingerprint density at radius 1 is 1.75 bits per heavy atom. The predicted octanol–water partition coefficient (Wildman–Crippen LogP) is 0.592. The monoisotopic (exact) mass is 108 g/mol. The van der Waals surface area contributed by atoms with Crippen LogP contribution in [0.3, 0.4) is 0 Å². The van der Waals surface area contributed by atoms with Crippen molar-refractivity contribution >= 4 is 0 Å². The van der Waals surface area contributed by atoms with E-state index in [9.17, 15) is 0 Å². The number of hydrogen-bond acceptors (Lipinski definition) is 2. The average Bonchev–Trinajstić information content (AvgIpc) is 2.14.